The van der Waals surface area contributed by atoms with E-state index in [1.165, 1.54) is 6.20 Å². The Labute approximate surface area is 114 Å². The number of pyridine rings is 2. The van der Waals surface area contributed by atoms with Crippen LogP contribution in [0.1, 0.15) is 5.69 Å². The van der Waals surface area contributed by atoms with Crippen molar-refractivity contribution in [3.05, 3.63) is 64.2 Å². The average molecular weight is 269 g/mol. The quantitative estimate of drug-likeness (QED) is 0.679. The van der Waals surface area contributed by atoms with Gasteiger partial charge >= 0.3 is 0 Å². The number of halogens is 1. The maximum Gasteiger partial charge on any atom is 0.195 e. The van der Waals surface area contributed by atoms with Gasteiger partial charge in [0, 0.05) is 28.6 Å². The summed E-state index contributed by atoms with van der Waals surface area (Å²) in [6.07, 6.45) is 4.80. The molecule has 0 aliphatic rings. The van der Waals surface area contributed by atoms with Gasteiger partial charge in [-0.3, -0.25) is 14.8 Å². The molecule has 4 heteroatoms. The van der Waals surface area contributed by atoms with Gasteiger partial charge in [-0.05, 0) is 24.3 Å². The molecule has 0 spiro atoms. The molecule has 0 aliphatic heterocycles. The summed E-state index contributed by atoms with van der Waals surface area (Å²) < 4.78 is 0. The third-order valence-electron chi connectivity index (χ3n) is 2.96. The van der Waals surface area contributed by atoms with Crippen LogP contribution in [0.25, 0.3) is 27.8 Å². The number of nitrogens with zero attached hydrogens (tertiary/aromatic N) is 2. The van der Waals surface area contributed by atoms with E-state index in [1.807, 2.05) is 6.07 Å². The molecule has 0 atom stereocenters. The Morgan fingerprint density at radius 2 is 1.95 bits per heavy atom. The lowest BCUT2D eigenvalue weighted by atomic mass is 10.2. The monoisotopic (exact) mass is 268 g/mol. The molecule has 92 valence electrons. The van der Waals surface area contributed by atoms with Crippen molar-refractivity contribution >= 4 is 39.4 Å². The van der Waals surface area contributed by atoms with Gasteiger partial charge in [-0.25, -0.2) is 0 Å². The van der Waals surface area contributed by atoms with Crippen molar-refractivity contribution in [2.75, 3.05) is 0 Å². The van der Waals surface area contributed by atoms with E-state index in [0.717, 1.165) is 5.39 Å². The number of rotatable bonds is 1. The maximum atomic E-state index is 12.5. The zero-order valence-electron chi connectivity index (χ0n) is 9.93. The minimum atomic E-state index is -0.101. The lowest BCUT2D eigenvalue weighted by molar-refractivity contribution is 1.33. The van der Waals surface area contributed by atoms with Crippen LogP contribution in [0.5, 0.6) is 0 Å². The van der Waals surface area contributed by atoms with Gasteiger partial charge < -0.3 is 0 Å². The topological polar surface area (TPSA) is 42.9 Å². The second kappa shape index (κ2) is 4.44. The Kier molecular flexibility index (Phi) is 2.76. The lowest BCUT2D eigenvalue weighted by Crippen LogP contribution is -2.00. The predicted octanol–water partition coefficient (Wildman–Crippen LogP) is 3.44. The summed E-state index contributed by atoms with van der Waals surface area (Å²) in [6, 6.07) is 7.00. The summed E-state index contributed by atoms with van der Waals surface area (Å²) in [4.78, 5) is 20.9. The van der Waals surface area contributed by atoms with Crippen molar-refractivity contribution in [3.8, 4) is 0 Å². The van der Waals surface area contributed by atoms with Crippen molar-refractivity contribution in [2.24, 2.45) is 0 Å². The fourth-order valence-corrected chi connectivity index (χ4v) is 2.16. The summed E-state index contributed by atoms with van der Waals surface area (Å²) in [6.45, 7) is 3.66. The van der Waals surface area contributed by atoms with Crippen LogP contribution in [0.3, 0.4) is 0 Å². The van der Waals surface area contributed by atoms with E-state index < -0.39 is 0 Å². The van der Waals surface area contributed by atoms with Gasteiger partial charge in [0.25, 0.3) is 0 Å². The molecule has 3 aromatic rings. The van der Waals surface area contributed by atoms with E-state index in [2.05, 4.69) is 16.5 Å². The Morgan fingerprint density at radius 3 is 2.74 bits per heavy atom. The zero-order chi connectivity index (χ0) is 13.4. The molecule has 0 radical (unpaired) electrons. The molecule has 0 bridgehead atoms. The standard InChI is InChI=1S/C15H9ClN2O/c1-2-11-6-12-9(7-17-11)3-4-14-13(15(12)19)5-10(16)8-18-14/h2-8H,1H2. The second-order valence-corrected chi connectivity index (χ2v) is 4.59. The van der Waals surface area contributed by atoms with Crippen LogP contribution in [0, 0.1) is 0 Å². The molecule has 0 saturated carbocycles. The van der Waals surface area contributed by atoms with Crippen LogP contribution in [0.15, 0.2) is 48.0 Å². The van der Waals surface area contributed by atoms with Crippen LogP contribution in [-0.4, -0.2) is 9.97 Å². The zero-order valence-corrected chi connectivity index (χ0v) is 10.7. The minimum Gasteiger partial charge on any atom is -0.289 e. The maximum absolute atomic E-state index is 12.5. The van der Waals surface area contributed by atoms with Crippen LogP contribution in [-0.2, 0) is 0 Å². The highest BCUT2D eigenvalue weighted by molar-refractivity contribution is 6.31. The molecule has 3 nitrogen and oxygen atoms in total. The number of fused-ring (bicyclic) bond motifs is 2. The molecular weight excluding hydrogens is 260 g/mol. The minimum absolute atomic E-state index is 0.101. The molecular formula is C15H9ClN2O. The van der Waals surface area contributed by atoms with Crippen LogP contribution in [0.4, 0.5) is 0 Å². The van der Waals surface area contributed by atoms with Crippen molar-refractivity contribution in [1.82, 2.24) is 9.97 Å². The molecule has 19 heavy (non-hydrogen) atoms. The van der Waals surface area contributed by atoms with E-state index >= 15 is 0 Å². The Balaban J connectivity index is 2.58. The predicted molar refractivity (Wildman–Crippen MR) is 78.4 cm³/mol. The molecule has 0 saturated heterocycles. The Bertz CT molecular complexity index is 874. The van der Waals surface area contributed by atoms with Gasteiger partial charge in [0.2, 0.25) is 0 Å². The summed E-state index contributed by atoms with van der Waals surface area (Å²) in [5.41, 5.74) is 1.18. The Hall–Kier alpha value is -2.26. The van der Waals surface area contributed by atoms with E-state index in [4.69, 9.17) is 11.6 Å². The first kappa shape index (κ1) is 11.8. The van der Waals surface area contributed by atoms with Gasteiger partial charge in [0.1, 0.15) is 0 Å². The molecule has 0 amide bonds. The van der Waals surface area contributed by atoms with Crippen molar-refractivity contribution < 1.29 is 0 Å². The highest BCUT2D eigenvalue weighted by Gasteiger charge is 2.05. The van der Waals surface area contributed by atoms with Gasteiger partial charge in [-0.15, -0.1) is 0 Å². The smallest absolute Gasteiger partial charge is 0.195 e. The highest BCUT2D eigenvalue weighted by Crippen LogP contribution is 2.17. The molecule has 1 aromatic carbocycles. The fourth-order valence-electron chi connectivity index (χ4n) is 2.00. The fraction of sp³-hybridized carbons (Fsp3) is 0. The van der Waals surface area contributed by atoms with Crippen LogP contribution >= 0.6 is 11.6 Å². The third kappa shape index (κ3) is 1.98. The van der Waals surface area contributed by atoms with Gasteiger partial charge in [0.15, 0.2) is 5.43 Å². The molecule has 2 heterocycles. The summed E-state index contributed by atoms with van der Waals surface area (Å²) in [5.74, 6) is 0. The first-order valence-electron chi connectivity index (χ1n) is 5.70. The second-order valence-electron chi connectivity index (χ2n) is 4.15. The van der Waals surface area contributed by atoms with Crippen LogP contribution < -0.4 is 5.43 Å². The SMILES string of the molecule is C=Cc1cc2c(=O)c3cc(Cl)cnc3ccc2cn1. The third-order valence-corrected chi connectivity index (χ3v) is 3.17. The van der Waals surface area contributed by atoms with Gasteiger partial charge in [-0.2, -0.15) is 0 Å². The summed E-state index contributed by atoms with van der Waals surface area (Å²) in [5, 5.41) is 2.30. The molecule has 2 aromatic heterocycles. The molecule has 0 fully saturated rings. The number of hydrogen-bond donors (Lipinski definition) is 0. The summed E-state index contributed by atoms with van der Waals surface area (Å²) >= 11 is 5.91. The van der Waals surface area contributed by atoms with Crippen LogP contribution in [0.2, 0.25) is 5.02 Å². The lowest BCUT2D eigenvalue weighted by Gasteiger charge is -1.94. The summed E-state index contributed by atoms with van der Waals surface area (Å²) in [7, 11) is 0. The number of hydrogen-bond acceptors (Lipinski definition) is 3. The largest absolute Gasteiger partial charge is 0.289 e. The number of aromatic nitrogens is 2. The highest BCUT2D eigenvalue weighted by atomic mass is 35.5. The van der Waals surface area contributed by atoms with E-state index in [9.17, 15) is 4.79 Å². The van der Waals surface area contributed by atoms with Crippen molar-refractivity contribution in [1.29, 1.82) is 0 Å². The van der Waals surface area contributed by atoms with Crippen molar-refractivity contribution in [3.63, 3.8) is 0 Å². The molecule has 3 rings (SSSR count). The van der Waals surface area contributed by atoms with Gasteiger partial charge in [-0.1, -0.05) is 24.2 Å². The van der Waals surface area contributed by atoms with Gasteiger partial charge in [0.05, 0.1) is 16.2 Å². The van der Waals surface area contributed by atoms with E-state index in [0.29, 0.717) is 27.0 Å². The molecule has 0 aliphatic carbocycles. The first-order valence-corrected chi connectivity index (χ1v) is 6.07. The molecule has 0 unspecified atom stereocenters. The first-order chi connectivity index (χ1) is 9.19. The average Bonchev–Trinajstić information content (AvgIpc) is 2.57. The van der Waals surface area contributed by atoms with Crippen molar-refractivity contribution in [2.45, 2.75) is 0 Å². The Morgan fingerprint density at radius 1 is 1.11 bits per heavy atom. The van der Waals surface area contributed by atoms with E-state index in [1.54, 1.807) is 30.5 Å². The normalized spacial score (nSPS) is 10.8. The van der Waals surface area contributed by atoms with E-state index in [-0.39, 0.29) is 5.43 Å². The molecule has 0 N–H and O–H groups in total.